The molecule has 1 spiro atoms. The largest absolute Gasteiger partial charge is 0.336 e. The van der Waals surface area contributed by atoms with Crippen LogP contribution in [-0.2, 0) is 6.54 Å². The van der Waals surface area contributed by atoms with Gasteiger partial charge < -0.3 is 9.80 Å². The van der Waals surface area contributed by atoms with Crippen molar-refractivity contribution in [3.63, 3.8) is 0 Å². The molecule has 2 aromatic carbocycles. The Labute approximate surface area is 196 Å². The smallest absolute Gasteiger partial charge is 0.272 e. The molecule has 1 aromatic heterocycles. The maximum absolute atomic E-state index is 13.2. The van der Waals surface area contributed by atoms with Crippen molar-refractivity contribution in [2.75, 3.05) is 46.8 Å². The fourth-order valence-electron chi connectivity index (χ4n) is 5.36. The molecule has 1 unspecified atom stereocenters. The number of para-hydroxylation sites is 1. The van der Waals surface area contributed by atoms with Crippen molar-refractivity contribution in [2.45, 2.75) is 6.54 Å². The molecule has 0 bridgehead atoms. The Balaban J connectivity index is 0.00000245. The highest BCUT2D eigenvalue weighted by Gasteiger charge is 2.55. The third-order valence-electron chi connectivity index (χ3n) is 6.83. The van der Waals surface area contributed by atoms with Crippen LogP contribution in [0.1, 0.15) is 16.1 Å². The first-order valence-electron chi connectivity index (χ1n) is 11.1. The van der Waals surface area contributed by atoms with Gasteiger partial charge in [-0.15, -0.1) is 12.4 Å². The van der Waals surface area contributed by atoms with Crippen LogP contribution in [0, 0.1) is 11.3 Å². The summed E-state index contributed by atoms with van der Waals surface area (Å²) in [5, 5.41) is 1.07. The van der Waals surface area contributed by atoms with Gasteiger partial charge in [0.15, 0.2) is 0 Å². The zero-order valence-electron chi connectivity index (χ0n) is 18.8. The third-order valence-corrected chi connectivity index (χ3v) is 6.83. The van der Waals surface area contributed by atoms with E-state index in [0.717, 1.165) is 50.2 Å². The Kier molecular flexibility index (Phi) is 6.52. The molecule has 0 saturated carbocycles. The summed E-state index contributed by atoms with van der Waals surface area (Å²) < 4.78 is 0. The Hall–Kier alpha value is -2.47. The van der Waals surface area contributed by atoms with Crippen molar-refractivity contribution in [2.24, 2.45) is 11.3 Å². The number of carbonyl (C=O) groups is 1. The van der Waals surface area contributed by atoms with Crippen LogP contribution < -0.4 is 0 Å². The lowest BCUT2D eigenvalue weighted by Gasteiger charge is -2.51. The Morgan fingerprint density at radius 3 is 2.47 bits per heavy atom. The fourth-order valence-corrected chi connectivity index (χ4v) is 5.36. The number of pyridine rings is 1. The van der Waals surface area contributed by atoms with Gasteiger partial charge in [-0.25, -0.2) is 4.98 Å². The van der Waals surface area contributed by atoms with Crippen molar-refractivity contribution in [1.29, 1.82) is 0 Å². The lowest BCUT2D eigenvalue weighted by Crippen LogP contribution is -2.63. The van der Waals surface area contributed by atoms with Gasteiger partial charge in [0.25, 0.3) is 5.91 Å². The van der Waals surface area contributed by atoms with Gasteiger partial charge in [0, 0.05) is 50.1 Å². The van der Waals surface area contributed by atoms with E-state index in [1.165, 1.54) is 5.56 Å². The molecule has 5 nitrogen and oxygen atoms in total. The molecule has 0 radical (unpaired) electrons. The SMILES string of the molecule is CN(C)CC1CN(Cc2ccccc2)CC12CN(C(=O)c1ccc3ccccc3n1)C2.Cl. The van der Waals surface area contributed by atoms with Crippen molar-refractivity contribution < 1.29 is 4.79 Å². The van der Waals surface area contributed by atoms with Gasteiger partial charge in [0.2, 0.25) is 0 Å². The lowest BCUT2D eigenvalue weighted by molar-refractivity contribution is -0.0157. The number of fused-ring (bicyclic) bond motifs is 1. The number of halogens is 1. The number of carbonyl (C=O) groups excluding carboxylic acids is 1. The summed E-state index contributed by atoms with van der Waals surface area (Å²) in [7, 11) is 4.29. The van der Waals surface area contributed by atoms with Crippen LogP contribution in [0.2, 0.25) is 0 Å². The topological polar surface area (TPSA) is 39.7 Å². The van der Waals surface area contributed by atoms with Crippen molar-refractivity contribution >= 4 is 29.2 Å². The molecular formula is C26H31ClN4O. The van der Waals surface area contributed by atoms with Gasteiger partial charge in [-0.05, 0) is 37.7 Å². The van der Waals surface area contributed by atoms with Crippen LogP contribution in [0.25, 0.3) is 10.9 Å². The number of hydrogen-bond donors (Lipinski definition) is 0. The average molecular weight is 451 g/mol. The van der Waals surface area contributed by atoms with Crippen molar-refractivity contribution in [3.05, 3.63) is 78.0 Å². The van der Waals surface area contributed by atoms with Crippen LogP contribution in [0.5, 0.6) is 0 Å². The molecule has 3 aromatic rings. The highest BCUT2D eigenvalue weighted by molar-refractivity contribution is 5.95. The molecule has 2 fully saturated rings. The summed E-state index contributed by atoms with van der Waals surface area (Å²) in [6.07, 6.45) is 0. The number of nitrogens with zero attached hydrogens (tertiary/aromatic N) is 4. The van der Waals surface area contributed by atoms with E-state index < -0.39 is 0 Å². The summed E-state index contributed by atoms with van der Waals surface area (Å²) in [6, 6.07) is 22.5. The monoisotopic (exact) mass is 450 g/mol. The van der Waals surface area contributed by atoms with E-state index in [2.05, 4.69) is 59.2 Å². The molecule has 32 heavy (non-hydrogen) atoms. The van der Waals surface area contributed by atoms with Crippen molar-refractivity contribution in [1.82, 2.24) is 19.7 Å². The molecule has 1 atom stereocenters. The number of aromatic nitrogens is 1. The normalized spacial score (nSPS) is 19.8. The molecule has 0 aliphatic carbocycles. The Morgan fingerprint density at radius 1 is 1.00 bits per heavy atom. The lowest BCUT2D eigenvalue weighted by atomic mass is 9.71. The van der Waals surface area contributed by atoms with E-state index in [1.807, 2.05) is 41.3 Å². The summed E-state index contributed by atoms with van der Waals surface area (Å²) in [6.45, 7) is 5.82. The van der Waals surface area contributed by atoms with Crippen LogP contribution in [0.15, 0.2) is 66.7 Å². The molecule has 2 aliphatic rings. The minimum Gasteiger partial charge on any atom is -0.336 e. The Morgan fingerprint density at radius 2 is 1.72 bits per heavy atom. The first-order valence-corrected chi connectivity index (χ1v) is 11.1. The number of amides is 1. The van der Waals surface area contributed by atoms with E-state index >= 15 is 0 Å². The molecular weight excluding hydrogens is 420 g/mol. The molecule has 2 aliphatic heterocycles. The van der Waals surface area contributed by atoms with Gasteiger partial charge >= 0.3 is 0 Å². The molecule has 0 N–H and O–H groups in total. The minimum absolute atomic E-state index is 0. The summed E-state index contributed by atoms with van der Waals surface area (Å²) >= 11 is 0. The predicted molar refractivity (Wildman–Crippen MR) is 131 cm³/mol. The van der Waals surface area contributed by atoms with Crippen LogP contribution in [0.3, 0.4) is 0 Å². The number of hydrogen-bond acceptors (Lipinski definition) is 4. The van der Waals surface area contributed by atoms with Gasteiger partial charge in [-0.2, -0.15) is 0 Å². The highest BCUT2D eigenvalue weighted by atomic mass is 35.5. The Bertz CT molecular complexity index is 1080. The average Bonchev–Trinajstić information content (AvgIpc) is 3.09. The van der Waals surface area contributed by atoms with E-state index in [0.29, 0.717) is 11.6 Å². The first kappa shape index (κ1) is 22.7. The van der Waals surface area contributed by atoms with Crippen LogP contribution in [-0.4, -0.2) is 72.4 Å². The standard InChI is InChI=1S/C26H30N4O.ClH/c1-28(2)15-22-16-29(14-20-8-4-3-5-9-20)17-26(22)18-30(19-26)25(31)24-13-12-21-10-6-7-11-23(21)27-24;/h3-13,22H,14-19H2,1-2H3;1H. The molecule has 168 valence electrons. The molecule has 5 rings (SSSR count). The molecule has 6 heteroatoms. The summed E-state index contributed by atoms with van der Waals surface area (Å²) in [4.78, 5) is 24.6. The third kappa shape index (κ3) is 4.38. The van der Waals surface area contributed by atoms with E-state index in [4.69, 9.17) is 0 Å². The van der Waals surface area contributed by atoms with E-state index in [9.17, 15) is 4.79 Å². The maximum atomic E-state index is 13.2. The van der Waals surface area contributed by atoms with Crippen molar-refractivity contribution in [3.8, 4) is 0 Å². The maximum Gasteiger partial charge on any atom is 0.272 e. The molecule has 2 saturated heterocycles. The number of likely N-dealkylation sites (tertiary alicyclic amines) is 2. The quantitative estimate of drug-likeness (QED) is 0.593. The van der Waals surface area contributed by atoms with Gasteiger partial charge in [-0.1, -0.05) is 54.6 Å². The van der Waals surface area contributed by atoms with E-state index in [-0.39, 0.29) is 23.7 Å². The van der Waals surface area contributed by atoms with E-state index in [1.54, 1.807) is 0 Å². The predicted octanol–water partition coefficient (Wildman–Crippen LogP) is 3.79. The molecule has 3 heterocycles. The first-order chi connectivity index (χ1) is 15.0. The fraction of sp³-hybridized carbons (Fsp3) is 0.385. The summed E-state index contributed by atoms with van der Waals surface area (Å²) in [5.74, 6) is 0.626. The van der Waals surface area contributed by atoms with Gasteiger partial charge in [-0.3, -0.25) is 9.69 Å². The summed E-state index contributed by atoms with van der Waals surface area (Å²) in [5.41, 5.74) is 2.97. The minimum atomic E-state index is 0. The second kappa shape index (κ2) is 9.18. The number of rotatable bonds is 5. The zero-order valence-corrected chi connectivity index (χ0v) is 19.6. The zero-order chi connectivity index (χ0) is 21.4. The van der Waals surface area contributed by atoms with Crippen LogP contribution >= 0.6 is 12.4 Å². The van der Waals surface area contributed by atoms with Gasteiger partial charge in [0.1, 0.15) is 5.69 Å². The van der Waals surface area contributed by atoms with Gasteiger partial charge in [0.05, 0.1) is 5.52 Å². The van der Waals surface area contributed by atoms with Crippen LogP contribution in [0.4, 0.5) is 0 Å². The second-order valence-electron chi connectivity index (χ2n) is 9.53. The number of benzene rings is 2. The second-order valence-corrected chi connectivity index (χ2v) is 9.53. The highest BCUT2D eigenvalue weighted by Crippen LogP contribution is 2.45. The molecule has 1 amide bonds.